The Morgan fingerprint density at radius 3 is 3.05 bits per heavy atom. The molecule has 20 heavy (non-hydrogen) atoms. The van der Waals surface area contributed by atoms with Gasteiger partial charge in [0.2, 0.25) is 0 Å². The smallest absolute Gasteiger partial charge is 0.253 e. The van der Waals surface area contributed by atoms with Crippen LogP contribution < -0.4 is 5.32 Å². The molecular formula is C17H24N2O. The molecule has 108 valence electrons. The molecule has 2 heterocycles. The molecule has 0 bridgehead atoms. The Morgan fingerprint density at radius 2 is 2.15 bits per heavy atom. The van der Waals surface area contributed by atoms with Crippen molar-refractivity contribution in [3.63, 3.8) is 0 Å². The number of nitrogens with one attached hydrogen (secondary N) is 1. The highest BCUT2D eigenvalue weighted by Crippen LogP contribution is 2.20. The Morgan fingerprint density at radius 1 is 1.25 bits per heavy atom. The van der Waals surface area contributed by atoms with E-state index in [0.717, 1.165) is 56.9 Å². The van der Waals surface area contributed by atoms with Gasteiger partial charge in [-0.15, -0.1) is 0 Å². The molecule has 3 nitrogen and oxygen atoms in total. The minimum atomic E-state index is 0.215. The van der Waals surface area contributed by atoms with Gasteiger partial charge in [-0.05, 0) is 61.4 Å². The van der Waals surface area contributed by atoms with Gasteiger partial charge in [0.05, 0.1) is 0 Å². The lowest BCUT2D eigenvalue weighted by Crippen LogP contribution is -2.32. The van der Waals surface area contributed by atoms with E-state index in [1.54, 1.807) is 0 Å². The van der Waals surface area contributed by atoms with Gasteiger partial charge in [-0.3, -0.25) is 4.79 Å². The standard InChI is InChI=1S/C17H24N2O/c1-13-3-2-9-19(10-7-13)17(20)15-5-4-14-6-8-18-12-16(14)11-15/h4-5,11,13,18H,2-3,6-10,12H2,1H3. The first-order valence-corrected chi connectivity index (χ1v) is 7.86. The number of likely N-dealkylation sites (tertiary alicyclic amines) is 1. The summed E-state index contributed by atoms with van der Waals surface area (Å²) in [6.45, 7) is 6.06. The molecule has 1 aromatic rings. The fourth-order valence-corrected chi connectivity index (χ4v) is 3.26. The summed E-state index contributed by atoms with van der Waals surface area (Å²) in [6, 6.07) is 6.25. The average Bonchev–Trinajstić information content (AvgIpc) is 2.71. The van der Waals surface area contributed by atoms with E-state index in [1.807, 2.05) is 11.0 Å². The second kappa shape index (κ2) is 5.96. The van der Waals surface area contributed by atoms with Crippen molar-refractivity contribution in [2.75, 3.05) is 19.6 Å². The molecule has 2 aliphatic rings. The first-order chi connectivity index (χ1) is 9.74. The van der Waals surface area contributed by atoms with Crippen molar-refractivity contribution in [2.24, 2.45) is 5.92 Å². The first kappa shape index (κ1) is 13.6. The van der Waals surface area contributed by atoms with Gasteiger partial charge in [0.15, 0.2) is 0 Å². The number of nitrogens with zero attached hydrogens (tertiary/aromatic N) is 1. The van der Waals surface area contributed by atoms with Gasteiger partial charge < -0.3 is 10.2 Å². The van der Waals surface area contributed by atoms with Crippen LogP contribution in [0.1, 0.15) is 47.7 Å². The topological polar surface area (TPSA) is 32.3 Å². The molecule has 1 amide bonds. The second-order valence-electron chi connectivity index (χ2n) is 6.24. The Hall–Kier alpha value is -1.35. The quantitative estimate of drug-likeness (QED) is 0.852. The number of carbonyl (C=O) groups is 1. The van der Waals surface area contributed by atoms with Gasteiger partial charge in [-0.2, -0.15) is 0 Å². The van der Waals surface area contributed by atoms with Crippen LogP contribution >= 0.6 is 0 Å². The molecule has 0 radical (unpaired) electrons. The molecule has 1 N–H and O–H groups in total. The maximum absolute atomic E-state index is 12.7. The molecular weight excluding hydrogens is 248 g/mol. The summed E-state index contributed by atoms with van der Waals surface area (Å²) >= 11 is 0. The lowest BCUT2D eigenvalue weighted by atomic mass is 9.98. The number of fused-ring (bicyclic) bond motifs is 1. The number of benzene rings is 1. The maximum atomic E-state index is 12.7. The molecule has 1 unspecified atom stereocenters. The zero-order valence-corrected chi connectivity index (χ0v) is 12.3. The molecule has 0 spiro atoms. The number of carbonyl (C=O) groups excluding carboxylic acids is 1. The van der Waals surface area contributed by atoms with E-state index in [1.165, 1.54) is 17.5 Å². The highest BCUT2D eigenvalue weighted by atomic mass is 16.2. The molecule has 3 rings (SSSR count). The summed E-state index contributed by atoms with van der Waals surface area (Å²) in [4.78, 5) is 14.7. The van der Waals surface area contributed by atoms with Crippen LogP contribution in [0.4, 0.5) is 0 Å². The fourth-order valence-electron chi connectivity index (χ4n) is 3.26. The number of rotatable bonds is 1. The summed E-state index contributed by atoms with van der Waals surface area (Å²) in [5.41, 5.74) is 3.55. The molecule has 3 heteroatoms. The molecule has 2 aliphatic heterocycles. The summed E-state index contributed by atoms with van der Waals surface area (Å²) in [5.74, 6) is 0.966. The molecule has 0 aliphatic carbocycles. The van der Waals surface area contributed by atoms with Crippen LogP contribution in [-0.2, 0) is 13.0 Å². The highest BCUT2D eigenvalue weighted by molar-refractivity contribution is 5.94. The average molecular weight is 272 g/mol. The van der Waals surface area contributed by atoms with Crippen LogP contribution in [0.25, 0.3) is 0 Å². The molecule has 1 aromatic carbocycles. The normalized spacial score (nSPS) is 23.1. The van der Waals surface area contributed by atoms with Crippen LogP contribution in [0.2, 0.25) is 0 Å². The minimum Gasteiger partial charge on any atom is -0.339 e. The van der Waals surface area contributed by atoms with Gasteiger partial charge in [0.1, 0.15) is 0 Å². The van der Waals surface area contributed by atoms with Gasteiger partial charge in [0, 0.05) is 25.2 Å². The van der Waals surface area contributed by atoms with Gasteiger partial charge in [-0.1, -0.05) is 13.0 Å². The molecule has 1 atom stereocenters. The zero-order chi connectivity index (χ0) is 13.9. The maximum Gasteiger partial charge on any atom is 0.253 e. The third kappa shape index (κ3) is 2.88. The summed E-state index contributed by atoms with van der Waals surface area (Å²) < 4.78 is 0. The Balaban J connectivity index is 1.76. The largest absolute Gasteiger partial charge is 0.339 e. The van der Waals surface area contributed by atoms with Crippen molar-refractivity contribution in [1.82, 2.24) is 10.2 Å². The van der Waals surface area contributed by atoms with E-state index < -0.39 is 0 Å². The van der Waals surface area contributed by atoms with Crippen molar-refractivity contribution in [3.05, 3.63) is 34.9 Å². The van der Waals surface area contributed by atoms with Gasteiger partial charge >= 0.3 is 0 Å². The number of amides is 1. The fraction of sp³-hybridized carbons (Fsp3) is 0.588. The predicted octanol–water partition coefficient (Wildman–Crippen LogP) is 2.59. The summed E-state index contributed by atoms with van der Waals surface area (Å²) in [7, 11) is 0. The summed E-state index contributed by atoms with van der Waals surface area (Å²) in [5, 5.41) is 3.38. The van der Waals surface area contributed by atoms with Crippen molar-refractivity contribution < 1.29 is 4.79 Å². The highest BCUT2D eigenvalue weighted by Gasteiger charge is 2.20. The monoisotopic (exact) mass is 272 g/mol. The van der Waals surface area contributed by atoms with Gasteiger partial charge in [0.25, 0.3) is 5.91 Å². The zero-order valence-electron chi connectivity index (χ0n) is 12.3. The van der Waals surface area contributed by atoms with E-state index in [0.29, 0.717) is 0 Å². The van der Waals surface area contributed by atoms with E-state index in [4.69, 9.17) is 0 Å². The van der Waals surface area contributed by atoms with Crippen LogP contribution in [0, 0.1) is 5.92 Å². The van der Waals surface area contributed by atoms with Crippen LogP contribution in [0.3, 0.4) is 0 Å². The Bertz CT molecular complexity index is 498. The summed E-state index contributed by atoms with van der Waals surface area (Å²) in [6.07, 6.45) is 4.60. The van der Waals surface area contributed by atoms with Crippen LogP contribution in [0.15, 0.2) is 18.2 Å². The number of hydrogen-bond acceptors (Lipinski definition) is 2. The van der Waals surface area contributed by atoms with Gasteiger partial charge in [-0.25, -0.2) is 0 Å². The number of hydrogen-bond donors (Lipinski definition) is 1. The predicted molar refractivity (Wildman–Crippen MR) is 80.8 cm³/mol. The lowest BCUT2D eigenvalue weighted by Gasteiger charge is -2.22. The molecule has 1 saturated heterocycles. The van der Waals surface area contributed by atoms with E-state index in [9.17, 15) is 4.79 Å². The van der Waals surface area contributed by atoms with E-state index >= 15 is 0 Å². The SMILES string of the molecule is CC1CCCN(C(=O)c2ccc3c(c2)CNCC3)CC1. The Kier molecular flexibility index (Phi) is 4.06. The van der Waals surface area contributed by atoms with Crippen LogP contribution in [0.5, 0.6) is 0 Å². The van der Waals surface area contributed by atoms with Crippen molar-refractivity contribution in [1.29, 1.82) is 0 Å². The van der Waals surface area contributed by atoms with Crippen molar-refractivity contribution in [3.8, 4) is 0 Å². The third-order valence-electron chi connectivity index (χ3n) is 4.64. The van der Waals surface area contributed by atoms with Crippen LogP contribution in [-0.4, -0.2) is 30.4 Å². The lowest BCUT2D eigenvalue weighted by molar-refractivity contribution is 0.0760. The minimum absolute atomic E-state index is 0.215. The third-order valence-corrected chi connectivity index (χ3v) is 4.64. The Labute approximate surface area is 121 Å². The van der Waals surface area contributed by atoms with E-state index in [-0.39, 0.29) is 5.91 Å². The van der Waals surface area contributed by atoms with Crippen molar-refractivity contribution in [2.45, 2.75) is 39.2 Å². The molecule has 0 aromatic heterocycles. The molecule has 1 fully saturated rings. The van der Waals surface area contributed by atoms with Crippen molar-refractivity contribution >= 4 is 5.91 Å². The molecule has 0 saturated carbocycles. The first-order valence-electron chi connectivity index (χ1n) is 7.86. The van der Waals surface area contributed by atoms with E-state index in [2.05, 4.69) is 24.4 Å². The second-order valence-corrected chi connectivity index (χ2v) is 6.24.